The number of anilines is 1. The van der Waals surface area contributed by atoms with Crippen molar-refractivity contribution in [2.45, 2.75) is 6.42 Å². The minimum absolute atomic E-state index is 0.125. The van der Waals surface area contributed by atoms with Crippen LogP contribution in [0.2, 0.25) is 0 Å². The molecule has 0 fully saturated rings. The summed E-state index contributed by atoms with van der Waals surface area (Å²) in [5.74, 6) is 0.591. The summed E-state index contributed by atoms with van der Waals surface area (Å²) in [7, 11) is 0. The van der Waals surface area contributed by atoms with Gasteiger partial charge in [0.1, 0.15) is 0 Å². The lowest BCUT2D eigenvalue weighted by Gasteiger charge is -1.98. The molecule has 3 aromatic heterocycles. The predicted molar refractivity (Wildman–Crippen MR) is 91.8 cm³/mol. The van der Waals surface area contributed by atoms with E-state index in [4.69, 9.17) is 4.42 Å². The molecule has 0 unspecified atom stereocenters. The number of nitrogens with zero attached hydrogens (tertiary/aromatic N) is 2. The lowest BCUT2D eigenvalue weighted by molar-refractivity contribution is -0.115. The van der Waals surface area contributed by atoms with Crippen LogP contribution in [0.3, 0.4) is 0 Å². The lowest BCUT2D eigenvalue weighted by Crippen LogP contribution is -2.14. The summed E-state index contributed by atoms with van der Waals surface area (Å²) >= 11 is 2.93. The van der Waals surface area contributed by atoms with Gasteiger partial charge < -0.3 is 9.73 Å². The van der Waals surface area contributed by atoms with Gasteiger partial charge in [0.2, 0.25) is 5.91 Å². The third-order valence-corrected chi connectivity index (χ3v) is 5.02. The number of furan rings is 1. The molecular weight excluding hydrogens is 330 g/mol. The molecule has 0 bridgehead atoms. The Hall–Kier alpha value is -2.51. The SMILES string of the molecule is O=C(Cc1csc(-c2ccco2)n1)Nc1nc2ccccc2s1. The van der Waals surface area contributed by atoms with E-state index in [0.29, 0.717) is 10.9 Å². The highest BCUT2D eigenvalue weighted by atomic mass is 32.1. The zero-order chi connectivity index (χ0) is 15.6. The topological polar surface area (TPSA) is 68.0 Å². The third kappa shape index (κ3) is 3.01. The summed E-state index contributed by atoms with van der Waals surface area (Å²) in [6.07, 6.45) is 1.82. The molecule has 7 heteroatoms. The van der Waals surface area contributed by atoms with Crippen LogP contribution in [-0.2, 0) is 11.2 Å². The van der Waals surface area contributed by atoms with Crippen molar-refractivity contribution in [1.82, 2.24) is 9.97 Å². The zero-order valence-corrected chi connectivity index (χ0v) is 13.5. The molecule has 0 saturated heterocycles. The average Bonchev–Trinajstić information content (AvgIpc) is 3.26. The molecule has 4 aromatic rings. The van der Waals surface area contributed by atoms with Crippen molar-refractivity contribution in [2.24, 2.45) is 0 Å². The molecule has 1 amide bonds. The summed E-state index contributed by atoms with van der Waals surface area (Å²) in [6.45, 7) is 0. The highest BCUT2D eigenvalue weighted by Gasteiger charge is 2.12. The number of thiazole rings is 2. The molecule has 0 spiro atoms. The van der Waals surface area contributed by atoms with Gasteiger partial charge in [-0.25, -0.2) is 9.97 Å². The second-order valence-corrected chi connectivity index (χ2v) is 6.72. The second kappa shape index (κ2) is 5.94. The molecule has 1 aromatic carbocycles. The summed E-state index contributed by atoms with van der Waals surface area (Å²) in [5.41, 5.74) is 1.61. The zero-order valence-electron chi connectivity index (χ0n) is 11.9. The number of hydrogen-bond acceptors (Lipinski definition) is 6. The third-order valence-electron chi connectivity index (χ3n) is 3.17. The Balaban J connectivity index is 1.45. The van der Waals surface area contributed by atoms with E-state index in [1.807, 2.05) is 41.8 Å². The molecule has 4 rings (SSSR count). The summed E-state index contributed by atoms with van der Waals surface area (Å²) in [6, 6.07) is 11.5. The van der Waals surface area contributed by atoms with Crippen LogP contribution in [0.25, 0.3) is 21.0 Å². The first-order valence-electron chi connectivity index (χ1n) is 6.91. The molecule has 0 aliphatic rings. The number of amides is 1. The predicted octanol–water partition coefficient (Wildman–Crippen LogP) is 4.19. The van der Waals surface area contributed by atoms with Crippen LogP contribution in [0.5, 0.6) is 0 Å². The van der Waals surface area contributed by atoms with E-state index in [2.05, 4.69) is 15.3 Å². The molecule has 23 heavy (non-hydrogen) atoms. The van der Waals surface area contributed by atoms with Crippen molar-refractivity contribution in [3.8, 4) is 10.8 Å². The largest absolute Gasteiger partial charge is 0.462 e. The van der Waals surface area contributed by atoms with Crippen molar-refractivity contribution in [2.75, 3.05) is 5.32 Å². The van der Waals surface area contributed by atoms with E-state index in [1.165, 1.54) is 22.7 Å². The molecule has 0 aliphatic heterocycles. The summed E-state index contributed by atoms with van der Waals surface area (Å²) in [5, 5.41) is 6.09. The van der Waals surface area contributed by atoms with Crippen LogP contribution >= 0.6 is 22.7 Å². The van der Waals surface area contributed by atoms with Gasteiger partial charge in [0.15, 0.2) is 15.9 Å². The molecule has 0 aliphatic carbocycles. The number of fused-ring (bicyclic) bond motifs is 1. The molecule has 5 nitrogen and oxygen atoms in total. The second-order valence-electron chi connectivity index (χ2n) is 4.83. The molecule has 0 atom stereocenters. The summed E-state index contributed by atoms with van der Waals surface area (Å²) < 4.78 is 6.36. The molecular formula is C16H11N3O2S2. The number of aromatic nitrogens is 2. The quantitative estimate of drug-likeness (QED) is 0.604. The van der Waals surface area contributed by atoms with Crippen molar-refractivity contribution >= 4 is 43.9 Å². The van der Waals surface area contributed by atoms with E-state index in [-0.39, 0.29) is 12.3 Å². The molecule has 0 radical (unpaired) electrons. The monoisotopic (exact) mass is 341 g/mol. The number of carbonyl (C=O) groups is 1. The number of carbonyl (C=O) groups excluding carboxylic acids is 1. The maximum Gasteiger partial charge on any atom is 0.232 e. The Morgan fingerprint density at radius 2 is 2.09 bits per heavy atom. The minimum atomic E-state index is -0.125. The first-order chi connectivity index (χ1) is 11.3. The Labute approximate surface area is 139 Å². The maximum absolute atomic E-state index is 12.2. The first-order valence-corrected chi connectivity index (χ1v) is 8.61. The Bertz CT molecular complexity index is 924. The fourth-order valence-corrected chi connectivity index (χ4v) is 3.82. The molecule has 3 heterocycles. The number of benzene rings is 1. The Morgan fingerprint density at radius 1 is 1.17 bits per heavy atom. The van der Waals surface area contributed by atoms with Crippen molar-refractivity contribution in [3.63, 3.8) is 0 Å². The standard InChI is InChI=1S/C16H11N3O2S2/c20-14(19-16-18-11-4-1-2-6-13(11)23-16)8-10-9-22-15(17-10)12-5-3-7-21-12/h1-7,9H,8H2,(H,18,19,20). The lowest BCUT2D eigenvalue weighted by atomic mass is 10.3. The van der Waals surface area contributed by atoms with Gasteiger partial charge in [-0.05, 0) is 24.3 Å². The minimum Gasteiger partial charge on any atom is -0.462 e. The molecule has 1 N–H and O–H groups in total. The van der Waals surface area contributed by atoms with E-state index in [0.717, 1.165) is 20.9 Å². The van der Waals surface area contributed by atoms with Crippen molar-refractivity contribution < 1.29 is 9.21 Å². The van der Waals surface area contributed by atoms with Gasteiger partial charge in [0.25, 0.3) is 0 Å². The summed E-state index contributed by atoms with van der Waals surface area (Å²) in [4.78, 5) is 21.0. The molecule has 114 valence electrons. The van der Waals surface area contributed by atoms with Gasteiger partial charge in [-0.3, -0.25) is 4.79 Å². The van der Waals surface area contributed by atoms with Gasteiger partial charge in [-0.2, -0.15) is 0 Å². The number of nitrogens with one attached hydrogen (secondary N) is 1. The smallest absolute Gasteiger partial charge is 0.232 e. The van der Waals surface area contributed by atoms with Gasteiger partial charge >= 0.3 is 0 Å². The van der Waals surface area contributed by atoms with Gasteiger partial charge in [-0.1, -0.05) is 23.5 Å². The average molecular weight is 341 g/mol. The van der Waals surface area contributed by atoms with Gasteiger partial charge in [0.05, 0.1) is 28.6 Å². The van der Waals surface area contributed by atoms with Crippen LogP contribution in [0, 0.1) is 0 Å². The molecule has 0 saturated carbocycles. The number of para-hydroxylation sites is 1. The Morgan fingerprint density at radius 3 is 2.91 bits per heavy atom. The fraction of sp³-hybridized carbons (Fsp3) is 0.0625. The van der Waals surface area contributed by atoms with E-state index >= 15 is 0 Å². The van der Waals surface area contributed by atoms with Crippen molar-refractivity contribution in [3.05, 3.63) is 53.7 Å². The highest BCUT2D eigenvalue weighted by molar-refractivity contribution is 7.22. The number of hydrogen-bond donors (Lipinski definition) is 1. The van der Waals surface area contributed by atoms with Crippen LogP contribution < -0.4 is 5.32 Å². The van der Waals surface area contributed by atoms with E-state index in [9.17, 15) is 4.79 Å². The normalized spacial score (nSPS) is 11.0. The van der Waals surface area contributed by atoms with Crippen LogP contribution in [0.15, 0.2) is 52.5 Å². The number of rotatable bonds is 4. The van der Waals surface area contributed by atoms with Crippen LogP contribution in [0.4, 0.5) is 5.13 Å². The van der Waals surface area contributed by atoms with E-state index in [1.54, 1.807) is 6.26 Å². The van der Waals surface area contributed by atoms with Crippen LogP contribution in [-0.4, -0.2) is 15.9 Å². The van der Waals surface area contributed by atoms with Crippen LogP contribution in [0.1, 0.15) is 5.69 Å². The van der Waals surface area contributed by atoms with E-state index < -0.39 is 0 Å². The van der Waals surface area contributed by atoms with Crippen molar-refractivity contribution in [1.29, 1.82) is 0 Å². The maximum atomic E-state index is 12.2. The highest BCUT2D eigenvalue weighted by Crippen LogP contribution is 2.26. The first kappa shape index (κ1) is 14.1. The fourth-order valence-electron chi connectivity index (χ4n) is 2.16. The Kier molecular flexibility index (Phi) is 3.64. The van der Waals surface area contributed by atoms with Gasteiger partial charge in [0, 0.05) is 5.38 Å². The van der Waals surface area contributed by atoms with Gasteiger partial charge in [-0.15, -0.1) is 11.3 Å².